The van der Waals surface area contributed by atoms with Gasteiger partial charge in [0, 0.05) is 25.7 Å². The van der Waals surface area contributed by atoms with Crippen molar-refractivity contribution in [2.24, 2.45) is 10.9 Å². The first-order valence-corrected chi connectivity index (χ1v) is 6.98. The van der Waals surface area contributed by atoms with Crippen LogP contribution >= 0.6 is 0 Å². The minimum absolute atomic E-state index is 0.723. The lowest BCUT2D eigenvalue weighted by atomic mass is 10.2. The molecule has 0 heterocycles. The molecule has 2 rings (SSSR count). The molecule has 1 aliphatic rings. The molecule has 1 aliphatic carbocycles. The van der Waals surface area contributed by atoms with Crippen LogP contribution in [0.3, 0.4) is 0 Å². The first-order valence-electron chi connectivity index (χ1n) is 6.98. The zero-order valence-corrected chi connectivity index (χ0v) is 11.8. The van der Waals surface area contributed by atoms with Crippen LogP contribution in [0.2, 0.25) is 0 Å². The standard InChI is InChI=1S/C15H23N3O/c1-3-17-15(16-2)18-10-13-6-4-5-7-14(13)19-11-12-8-9-12/h4-7,12H,3,8-11H2,1-2H3,(H2,16,17,18). The van der Waals surface area contributed by atoms with Gasteiger partial charge in [-0.1, -0.05) is 18.2 Å². The summed E-state index contributed by atoms with van der Waals surface area (Å²) in [6.07, 6.45) is 2.63. The molecule has 0 unspecified atom stereocenters. The van der Waals surface area contributed by atoms with Crippen LogP contribution in [0.5, 0.6) is 5.75 Å². The normalized spacial score (nSPS) is 15.2. The molecule has 0 amide bonds. The largest absolute Gasteiger partial charge is 0.493 e. The molecule has 0 bridgehead atoms. The van der Waals surface area contributed by atoms with Crippen molar-refractivity contribution in [3.8, 4) is 5.75 Å². The van der Waals surface area contributed by atoms with Crippen molar-refractivity contribution >= 4 is 5.96 Å². The Labute approximate surface area is 115 Å². The number of para-hydroxylation sites is 1. The van der Waals surface area contributed by atoms with Crippen molar-refractivity contribution in [2.75, 3.05) is 20.2 Å². The third kappa shape index (κ3) is 4.47. The maximum Gasteiger partial charge on any atom is 0.191 e. The molecule has 0 aromatic heterocycles. The quantitative estimate of drug-likeness (QED) is 0.609. The Morgan fingerprint density at radius 1 is 1.32 bits per heavy atom. The van der Waals surface area contributed by atoms with Gasteiger partial charge in [-0.3, -0.25) is 4.99 Å². The molecule has 1 aromatic rings. The van der Waals surface area contributed by atoms with E-state index in [9.17, 15) is 0 Å². The van der Waals surface area contributed by atoms with Crippen LogP contribution < -0.4 is 15.4 Å². The summed E-state index contributed by atoms with van der Waals surface area (Å²) in [5.41, 5.74) is 1.17. The van der Waals surface area contributed by atoms with Crippen molar-refractivity contribution in [3.05, 3.63) is 29.8 Å². The van der Waals surface area contributed by atoms with Crippen molar-refractivity contribution in [1.82, 2.24) is 10.6 Å². The molecule has 0 atom stereocenters. The second kappa shape index (κ2) is 7.02. The number of rotatable bonds is 6. The molecular formula is C15H23N3O. The first kappa shape index (κ1) is 13.7. The lowest BCUT2D eigenvalue weighted by molar-refractivity contribution is 0.296. The molecule has 19 heavy (non-hydrogen) atoms. The van der Waals surface area contributed by atoms with Crippen molar-refractivity contribution in [1.29, 1.82) is 0 Å². The summed E-state index contributed by atoms with van der Waals surface area (Å²) in [5.74, 6) is 2.57. The molecule has 0 radical (unpaired) electrons. The van der Waals surface area contributed by atoms with Crippen LogP contribution in [0.15, 0.2) is 29.3 Å². The number of nitrogens with one attached hydrogen (secondary N) is 2. The van der Waals surface area contributed by atoms with Gasteiger partial charge < -0.3 is 15.4 Å². The molecule has 1 fully saturated rings. The molecule has 0 spiro atoms. The van der Waals surface area contributed by atoms with Crippen LogP contribution in [0.4, 0.5) is 0 Å². The Balaban J connectivity index is 1.90. The molecule has 2 N–H and O–H groups in total. The maximum atomic E-state index is 5.89. The van der Waals surface area contributed by atoms with E-state index >= 15 is 0 Å². The van der Waals surface area contributed by atoms with E-state index in [2.05, 4.69) is 28.6 Å². The van der Waals surface area contributed by atoms with E-state index in [1.165, 1.54) is 18.4 Å². The highest BCUT2D eigenvalue weighted by molar-refractivity contribution is 5.79. The summed E-state index contributed by atoms with van der Waals surface area (Å²) >= 11 is 0. The fraction of sp³-hybridized carbons (Fsp3) is 0.533. The third-order valence-electron chi connectivity index (χ3n) is 3.16. The highest BCUT2D eigenvalue weighted by Crippen LogP contribution is 2.30. The van der Waals surface area contributed by atoms with Crippen molar-refractivity contribution < 1.29 is 4.74 Å². The Kier molecular flexibility index (Phi) is 5.07. The summed E-state index contributed by atoms with van der Waals surface area (Å²) in [5, 5.41) is 6.47. The van der Waals surface area contributed by atoms with Gasteiger partial charge in [-0.05, 0) is 31.7 Å². The second-order valence-electron chi connectivity index (χ2n) is 4.82. The van der Waals surface area contributed by atoms with E-state index in [0.29, 0.717) is 0 Å². The molecular weight excluding hydrogens is 238 g/mol. The first-order chi connectivity index (χ1) is 9.33. The molecule has 104 valence electrons. The number of aliphatic imine (C=N–C) groups is 1. The minimum Gasteiger partial charge on any atom is -0.493 e. The number of guanidine groups is 1. The summed E-state index contributed by atoms with van der Waals surface area (Å²) in [6.45, 7) is 4.48. The predicted molar refractivity (Wildman–Crippen MR) is 78.5 cm³/mol. The summed E-state index contributed by atoms with van der Waals surface area (Å²) in [4.78, 5) is 4.16. The lowest BCUT2D eigenvalue weighted by Gasteiger charge is -2.14. The van der Waals surface area contributed by atoms with Crippen molar-refractivity contribution in [2.45, 2.75) is 26.3 Å². The number of hydrogen-bond donors (Lipinski definition) is 2. The van der Waals surface area contributed by atoms with Gasteiger partial charge in [-0.25, -0.2) is 0 Å². The van der Waals surface area contributed by atoms with Gasteiger partial charge in [0.1, 0.15) is 5.75 Å². The molecule has 0 saturated heterocycles. The van der Waals surface area contributed by atoms with E-state index in [-0.39, 0.29) is 0 Å². The molecule has 1 aromatic carbocycles. The van der Waals surface area contributed by atoms with E-state index in [1.54, 1.807) is 7.05 Å². The van der Waals surface area contributed by atoms with Crippen molar-refractivity contribution in [3.63, 3.8) is 0 Å². The fourth-order valence-electron chi connectivity index (χ4n) is 1.85. The third-order valence-corrected chi connectivity index (χ3v) is 3.16. The zero-order chi connectivity index (χ0) is 13.5. The average Bonchev–Trinajstić information content (AvgIpc) is 3.26. The van der Waals surface area contributed by atoms with Gasteiger partial charge in [-0.15, -0.1) is 0 Å². The van der Waals surface area contributed by atoms with Crippen LogP contribution in [-0.2, 0) is 6.54 Å². The van der Waals surface area contributed by atoms with E-state index in [0.717, 1.165) is 37.3 Å². The number of benzene rings is 1. The highest BCUT2D eigenvalue weighted by atomic mass is 16.5. The Bertz CT molecular complexity index is 427. The van der Waals surface area contributed by atoms with Gasteiger partial charge in [0.05, 0.1) is 6.61 Å². The SMILES string of the molecule is CCNC(=NC)NCc1ccccc1OCC1CC1. The monoisotopic (exact) mass is 261 g/mol. The van der Waals surface area contributed by atoms with Crippen LogP contribution in [0.25, 0.3) is 0 Å². The summed E-state index contributed by atoms with van der Waals surface area (Å²) in [6, 6.07) is 8.19. The summed E-state index contributed by atoms with van der Waals surface area (Å²) in [7, 11) is 1.78. The smallest absolute Gasteiger partial charge is 0.191 e. The second-order valence-corrected chi connectivity index (χ2v) is 4.82. The average molecular weight is 261 g/mol. The van der Waals surface area contributed by atoms with Crippen LogP contribution in [0, 0.1) is 5.92 Å². The Morgan fingerprint density at radius 2 is 2.11 bits per heavy atom. The predicted octanol–water partition coefficient (Wildman–Crippen LogP) is 2.16. The molecule has 1 saturated carbocycles. The molecule has 0 aliphatic heterocycles. The Hall–Kier alpha value is -1.71. The van der Waals surface area contributed by atoms with Gasteiger partial charge in [0.25, 0.3) is 0 Å². The fourth-order valence-corrected chi connectivity index (χ4v) is 1.85. The maximum absolute atomic E-state index is 5.89. The van der Waals surface area contributed by atoms with E-state index < -0.39 is 0 Å². The van der Waals surface area contributed by atoms with E-state index in [1.807, 2.05) is 18.2 Å². The van der Waals surface area contributed by atoms with Gasteiger partial charge in [0.15, 0.2) is 5.96 Å². The molecule has 4 nitrogen and oxygen atoms in total. The highest BCUT2D eigenvalue weighted by Gasteiger charge is 2.22. The van der Waals surface area contributed by atoms with Gasteiger partial charge in [0.2, 0.25) is 0 Å². The molecule has 4 heteroatoms. The topological polar surface area (TPSA) is 45.7 Å². The van der Waals surface area contributed by atoms with Crippen LogP contribution in [0.1, 0.15) is 25.3 Å². The van der Waals surface area contributed by atoms with Gasteiger partial charge >= 0.3 is 0 Å². The van der Waals surface area contributed by atoms with E-state index in [4.69, 9.17) is 4.74 Å². The van der Waals surface area contributed by atoms with Gasteiger partial charge in [-0.2, -0.15) is 0 Å². The minimum atomic E-state index is 0.723. The number of hydrogen-bond acceptors (Lipinski definition) is 2. The summed E-state index contributed by atoms with van der Waals surface area (Å²) < 4.78 is 5.89. The lowest BCUT2D eigenvalue weighted by Crippen LogP contribution is -2.36. The Morgan fingerprint density at radius 3 is 2.79 bits per heavy atom. The zero-order valence-electron chi connectivity index (χ0n) is 11.8. The number of ether oxygens (including phenoxy) is 1. The van der Waals surface area contributed by atoms with Crippen LogP contribution in [-0.4, -0.2) is 26.2 Å². The number of nitrogens with zero attached hydrogens (tertiary/aromatic N) is 1.